The first-order valence-corrected chi connectivity index (χ1v) is 7.74. The molecule has 1 saturated carbocycles. The Bertz CT molecular complexity index is 931. The van der Waals surface area contributed by atoms with Gasteiger partial charge in [0, 0.05) is 48.6 Å². The summed E-state index contributed by atoms with van der Waals surface area (Å²) in [5.74, 6) is 2.27. The predicted octanol–water partition coefficient (Wildman–Crippen LogP) is 2.38. The number of carbonyl (C=O) groups is 1. The van der Waals surface area contributed by atoms with Gasteiger partial charge in [-0.05, 0) is 18.9 Å². The topological polar surface area (TPSA) is 106 Å². The number of amides is 1. The molecule has 8 heteroatoms. The summed E-state index contributed by atoms with van der Waals surface area (Å²) in [5, 5.41) is 11.5. The van der Waals surface area contributed by atoms with Crippen LogP contribution in [0.2, 0.25) is 0 Å². The van der Waals surface area contributed by atoms with Crippen LogP contribution in [0.15, 0.2) is 23.0 Å². The lowest BCUT2D eigenvalue weighted by Gasteiger charge is -2.10. The second kappa shape index (κ2) is 5.55. The molecule has 0 spiro atoms. The molecule has 0 aromatic carbocycles. The number of nitrogens with one attached hydrogen (secondary N) is 2. The number of hydrogen-bond acceptors (Lipinski definition) is 7. The van der Waals surface area contributed by atoms with E-state index in [4.69, 9.17) is 4.52 Å². The molecule has 122 valence electrons. The van der Waals surface area contributed by atoms with E-state index >= 15 is 0 Å². The van der Waals surface area contributed by atoms with Crippen molar-refractivity contribution < 1.29 is 9.32 Å². The van der Waals surface area contributed by atoms with Crippen LogP contribution in [0.3, 0.4) is 0 Å². The van der Waals surface area contributed by atoms with Crippen molar-refractivity contribution in [3.63, 3.8) is 0 Å². The molecule has 1 aliphatic carbocycles. The van der Waals surface area contributed by atoms with Gasteiger partial charge < -0.3 is 15.2 Å². The van der Waals surface area contributed by atoms with Gasteiger partial charge in [-0.1, -0.05) is 5.16 Å². The van der Waals surface area contributed by atoms with Crippen LogP contribution in [-0.4, -0.2) is 33.1 Å². The van der Waals surface area contributed by atoms with Crippen molar-refractivity contribution >= 4 is 28.3 Å². The molecule has 8 nitrogen and oxygen atoms in total. The van der Waals surface area contributed by atoms with Gasteiger partial charge in [0.2, 0.25) is 17.6 Å². The third kappa shape index (κ3) is 2.55. The van der Waals surface area contributed by atoms with Crippen molar-refractivity contribution in [3.05, 3.63) is 24.4 Å². The maximum Gasteiger partial charge on any atom is 0.228 e. The Morgan fingerprint density at radius 2 is 2.08 bits per heavy atom. The van der Waals surface area contributed by atoms with Crippen molar-refractivity contribution in [2.24, 2.45) is 5.92 Å². The molecule has 1 aliphatic rings. The standard InChI is InChI=1S/C16H16N6O2/c1-8-20-15(22-24-8)12-7-19-14(17-2)11-6-18-13(5-10(11)12)21-16(23)9-3-4-9/h5-7,9H,3-4H2,1-2H3,(H,17,19)(H,18,21,23). The number of fused-ring (bicyclic) bond motifs is 1. The summed E-state index contributed by atoms with van der Waals surface area (Å²) in [5.41, 5.74) is 0.727. The molecule has 1 amide bonds. The summed E-state index contributed by atoms with van der Waals surface area (Å²) < 4.78 is 5.07. The molecule has 3 heterocycles. The number of nitrogens with zero attached hydrogens (tertiary/aromatic N) is 4. The molecule has 0 radical (unpaired) electrons. The van der Waals surface area contributed by atoms with E-state index in [9.17, 15) is 4.79 Å². The van der Waals surface area contributed by atoms with E-state index in [0.29, 0.717) is 23.4 Å². The Labute approximate surface area is 137 Å². The Hall–Kier alpha value is -3.03. The van der Waals surface area contributed by atoms with E-state index in [1.807, 2.05) is 6.07 Å². The molecule has 4 rings (SSSR count). The fraction of sp³-hybridized carbons (Fsp3) is 0.312. The van der Waals surface area contributed by atoms with Gasteiger partial charge in [-0.3, -0.25) is 4.79 Å². The van der Waals surface area contributed by atoms with E-state index in [1.54, 1.807) is 26.4 Å². The van der Waals surface area contributed by atoms with Crippen LogP contribution in [0.5, 0.6) is 0 Å². The molecule has 3 aromatic rings. The second-order valence-corrected chi connectivity index (χ2v) is 5.79. The van der Waals surface area contributed by atoms with Crippen molar-refractivity contribution in [3.8, 4) is 11.4 Å². The molecular formula is C16H16N6O2. The number of anilines is 2. The molecule has 2 N–H and O–H groups in total. The molecule has 0 bridgehead atoms. The molecule has 0 aliphatic heterocycles. The van der Waals surface area contributed by atoms with Crippen LogP contribution in [0.1, 0.15) is 18.7 Å². The quantitative estimate of drug-likeness (QED) is 0.759. The fourth-order valence-corrected chi connectivity index (χ4v) is 2.56. The highest BCUT2D eigenvalue weighted by Crippen LogP contribution is 2.33. The van der Waals surface area contributed by atoms with Gasteiger partial charge in [0.1, 0.15) is 11.6 Å². The third-order valence-corrected chi connectivity index (χ3v) is 3.98. The average molecular weight is 324 g/mol. The van der Waals surface area contributed by atoms with E-state index in [1.165, 1.54) is 0 Å². The van der Waals surface area contributed by atoms with Gasteiger partial charge in [-0.15, -0.1) is 0 Å². The Balaban J connectivity index is 1.83. The minimum absolute atomic E-state index is 0.0155. The van der Waals surface area contributed by atoms with E-state index in [0.717, 1.165) is 29.2 Å². The van der Waals surface area contributed by atoms with Crippen LogP contribution >= 0.6 is 0 Å². The van der Waals surface area contributed by atoms with Crippen molar-refractivity contribution in [1.82, 2.24) is 20.1 Å². The number of aryl methyl sites for hydroxylation is 1. The van der Waals surface area contributed by atoms with Crippen LogP contribution in [0.4, 0.5) is 11.6 Å². The zero-order chi connectivity index (χ0) is 16.7. The van der Waals surface area contributed by atoms with Gasteiger partial charge in [-0.25, -0.2) is 9.97 Å². The van der Waals surface area contributed by atoms with Crippen LogP contribution < -0.4 is 10.6 Å². The van der Waals surface area contributed by atoms with Gasteiger partial charge >= 0.3 is 0 Å². The Morgan fingerprint density at radius 3 is 2.75 bits per heavy atom. The van der Waals surface area contributed by atoms with Gasteiger partial charge in [-0.2, -0.15) is 4.98 Å². The van der Waals surface area contributed by atoms with Gasteiger partial charge in [0.25, 0.3) is 0 Å². The highest BCUT2D eigenvalue weighted by molar-refractivity contribution is 6.03. The summed E-state index contributed by atoms with van der Waals surface area (Å²) in [6, 6.07) is 1.82. The lowest BCUT2D eigenvalue weighted by molar-refractivity contribution is -0.117. The zero-order valence-corrected chi connectivity index (χ0v) is 13.3. The molecular weight excluding hydrogens is 308 g/mol. The summed E-state index contributed by atoms with van der Waals surface area (Å²) in [6.07, 6.45) is 5.26. The highest BCUT2D eigenvalue weighted by Gasteiger charge is 2.29. The van der Waals surface area contributed by atoms with Crippen molar-refractivity contribution in [2.45, 2.75) is 19.8 Å². The fourth-order valence-electron chi connectivity index (χ4n) is 2.56. The predicted molar refractivity (Wildman–Crippen MR) is 88.5 cm³/mol. The maximum absolute atomic E-state index is 12.0. The minimum Gasteiger partial charge on any atom is -0.373 e. The molecule has 0 saturated heterocycles. The first kappa shape index (κ1) is 14.6. The van der Waals surface area contributed by atoms with Crippen LogP contribution in [0.25, 0.3) is 22.2 Å². The molecule has 0 unspecified atom stereocenters. The van der Waals surface area contributed by atoms with Crippen LogP contribution in [-0.2, 0) is 4.79 Å². The SMILES string of the molecule is CNc1ncc(-c2noc(C)n2)c2cc(NC(=O)C3CC3)ncc12. The number of carbonyl (C=O) groups excluding carboxylic acids is 1. The van der Waals surface area contributed by atoms with E-state index in [2.05, 4.69) is 30.7 Å². The van der Waals surface area contributed by atoms with Gasteiger partial charge in [0.05, 0.1) is 0 Å². The summed E-state index contributed by atoms with van der Waals surface area (Å²) in [6.45, 7) is 1.73. The minimum atomic E-state index is 0.0155. The molecule has 0 atom stereocenters. The monoisotopic (exact) mass is 324 g/mol. The average Bonchev–Trinajstić information content (AvgIpc) is 3.35. The summed E-state index contributed by atoms with van der Waals surface area (Å²) >= 11 is 0. The van der Waals surface area contributed by atoms with Crippen molar-refractivity contribution in [2.75, 3.05) is 17.7 Å². The highest BCUT2D eigenvalue weighted by atomic mass is 16.5. The maximum atomic E-state index is 12.0. The molecule has 1 fully saturated rings. The van der Waals surface area contributed by atoms with Crippen molar-refractivity contribution in [1.29, 1.82) is 0 Å². The normalized spacial score (nSPS) is 13.9. The molecule has 3 aromatic heterocycles. The largest absolute Gasteiger partial charge is 0.373 e. The second-order valence-electron chi connectivity index (χ2n) is 5.79. The van der Waals surface area contributed by atoms with Gasteiger partial charge in [0.15, 0.2) is 0 Å². The number of hydrogen-bond donors (Lipinski definition) is 2. The summed E-state index contributed by atoms with van der Waals surface area (Å²) in [4.78, 5) is 25.0. The van der Waals surface area contributed by atoms with Crippen LogP contribution in [0, 0.1) is 12.8 Å². The summed E-state index contributed by atoms with van der Waals surface area (Å²) in [7, 11) is 1.79. The van der Waals surface area contributed by atoms with E-state index < -0.39 is 0 Å². The first-order chi connectivity index (χ1) is 11.7. The lowest BCUT2D eigenvalue weighted by Crippen LogP contribution is -2.14. The molecule has 24 heavy (non-hydrogen) atoms. The smallest absolute Gasteiger partial charge is 0.228 e. The number of rotatable bonds is 4. The Morgan fingerprint density at radius 1 is 1.25 bits per heavy atom. The number of aromatic nitrogens is 4. The first-order valence-electron chi connectivity index (χ1n) is 7.74. The lowest BCUT2D eigenvalue weighted by atomic mass is 10.1. The third-order valence-electron chi connectivity index (χ3n) is 3.98. The van der Waals surface area contributed by atoms with E-state index in [-0.39, 0.29) is 11.8 Å². The zero-order valence-electron chi connectivity index (χ0n) is 13.3. The Kier molecular flexibility index (Phi) is 3.37. The number of pyridine rings is 2.